The Labute approximate surface area is 485 Å². The summed E-state index contributed by atoms with van der Waals surface area (Å²) in [7, 11) is 1.51. The highest BCUT2D eigenvalue weighted by Crippen LogP contribution is 2.43. The van der Waals surface area contributed by atoms with Crippen molar-refractivity contribution in [2.24, 2.45) is 0 Å². The van der Waals surface area contributed by atoms with Gasteiger partial charge in [0.2, 0.25) is 5.91 Å². The molecule has 0 aliphatic rings. The molecule has 78 heavy (non-hydrogen) atoms. The van der Waals surface area contributed by atoms with Gasteiger partial charge >= 0.3 is 13.8 Å². The fraction of sp³-hybridized carbons (Fsp3) is 0.882. The summed E-state index contributed by atoms with van der Waals surface area (Å²) in [6, 6.07) is -0.842. The normalized spacial score (nSPS) is 13.8. The Morgan fingerprint density at radius 1 is 0.449 bits per heavy atom. The lowest BCUT2D eigenvalue weighted by molar-refractivity contribution is -0.870. The Morgan fingerprint density at radius 3 is 1.18 bits per heavy atom. The minimum atomic E-state index is -4.44. The summed E-state index contributed by atoms with van der Waals surface area (Å²) < 4.78 is 30.7. The molecule has 0 spiro atoms. The van der Waals surface area contributed by atoms with Gasteiger partial charge in [-0.1, -0.05) is 295 Å². The maximum Gasteiger partial charge on any atom is 0.472 e. The first-order valence-electron chi connectivity index (χ1n) is 33.8. The van der Waals surface area contributed by atoms with Crippen molar-refractivity contribution in [3.8, 4) is 0 Å². The molecule has 0 aliphatic carbocycles. The van der Waals surface area contributed by atoms with Gasteiger partial charge in [0.25, 0.3) is 0 Å². The fourth-order valence-corrected chi connectivity index (χ4v) is 10.8. The Kier molecular flexibility index (Phi) is 57.1. The number of quaternary nitrogens is 1. The van der Waals surface area contributed by atoms with Gasteiger partial charge in [-0.05, 0) is 63.9 Å². The molecule has 0 saturated heterocycles. The lowest BCUT2D eigenvalue weighted by Gasteiger charge is -2.27. The van der Waals surface area contributed by atoms with Crippen LogP contribution in [0.5, 0.6) is 0 Å². The van der Waals surface area contributed by atoms with Gasteiger partial charge in [0.05, 0.1) is 33.8 Å². The number of nitrogens with one attached hydrogen (secondary N) is 1. The van der Waals surface area contributed by atoms with Crippen molar-refractivity contribution in [3.05, 3.63) is 36.5 Å². The van der Waals surface area contributed by atoms with Crippen molar-refractivity contribution in [1.82, 2.24) is 5.32 Å². The summed E-state index contributed by atoms with van der Waals surface area (Å²) in [6.07, 6.45) is 71.5. The summed E-state index contributed by atoms with van der Waals surface area (Å²) in [5.74, 6) is -0.488. The number of amides is 1. The molecule has 0 rings (SSSR count). The van der Waals surface area contributed by atoms with E-state index in [4.69, 9.17) is 13.8 Å². The summed E-state index contributed by atoms with van der Waals surface area (Å²) in [6.45, 7) is 7.03. The van der Waals surface area contributed by atoms with E-state index >= 15 is 0 Å². The highest BCUT2D eigenvalue weighted by molar-refractivity contribution is 7.47. The predicted octanol–water partition coefficient (Wildman–Crippen LogP) is 21.1. The number of unbranched alkanes of at least 4 members (excludes halogenated alkanes) is 42. The van der Waals surface area contributed by atoms with E-state index in [1.54, 1.807) is 0 Å². The van der Waals surface area contributed by atoms with Crippen molar-refractivity contribution < 1.29 is 37.3 Å². The second kappa shape index (κ2) is 58.4. The number of rotatable bonds is 62. The Bertz CT molecular complexity index is 1430. The van der Waals surface area contributed by atoms with E-state index in [0.29, 0.717) is 23.9 Å². The topological polar surface area (TPSA) is 111 Å². The van der Waals surface area contributed by atoms with Crippen LogP contribution in [0.25, 0.3) is 0 Å². The summed E-state index contributed by atoms with van der Waals surface area (Å²) >= 11 is 0. The molecule has 0 radical (unpaired) electrons. The average molecular weight is 1120 g/mol. The summed E-state index contributed by atoms with van der Waals surface area (Å²) in [4.78, 5) is 37.7. The van der Waals surface area contributed by atoms with Crippen molar-refractivity contribution in [1.29, 1.82) is 0 Å². The van der Waals surface area contributed by atoms with Gasteiger partial charge < -0.3 is 19.4 Å². The van der Waals surface area contributed by atoms with E-state index < -0.39 is 20.0 Å². The Balaban J connectivity index is 4.96. The van der Waals surface area contributed by atoms with Crippen LogP contribution in [0, 0.1) is 0 Å². The van der Waals surface area contributed by atoms with Crippen LogP contribution < -0.4 is 5.32 Å². The molecule has 0 aromatic carbocycles. The molecule has 3 atom stereocenters. The minimum Gasteiger partial charge on any atom is -0.456 e. The third kappa shape index (κ3) is 58.9. The maximum atomic E-state index is 13.5. The lowest BCUT2D eigenvalue weighted by atomic mass is 10.0. The number of esters is 1. The largest absolute Gasteiger partial charge is 0.472 e. The van der Waals surface area contributed by atoms with Crippen molar-refractivity contribution in [2.75, 3.05) is 40.9 Å². The van der Waals surface area contributed by atoms with Gasteiger partial charge in [0.15, 0.2) is 0 Å². The van der Waals surface area contributed by atoms with E-state index in [1.807, 2.05) is 33.3 Å². The summed E-state index contributed by atoms with van der Waals surface area (Å²) in [5.41, 5.74) is 0. The van der Waals surface area contributed by atoms with Crippen LogP contribution in [-0.2, 0) is 27.9 Å². The number of hydrogen-bond acceptors (Lipinski definition) is 6. The van der Waals surface area contributed by atoms with Crippen LogP contribution in [0.4, 0.5) is 0 Å². The molecular formula is C68H132N2O7P+. The number of phosphoric ester groups is 1. The molecule has 2 N–H and O–H groups in total. The van der Waals surface area contributed by atoms with E-state index in [9.17, 15) is 19.0 Å². The van der Waals surface area contributed by atoms with E-state index in [1.165, 1.54) is 238 Å². The van der Waals surface area contributed by atoms with Gasteiger partial charge in [-0.3, -0.25) is 18.6 Å². The highest BCUT2D eigenvalue weighted by atomic mass is 31.2. The number of hydrogen-bond donors (Lipinski definition) is 2. The first-order chi connectivity index (χ1) is 37.9. The number of carbonyl (C=O) groups is 2. The Hall–Kier alpha value is -1.77. The lowest BCUT2D eigenvalue weighted by Crippen LogP contribution is -2.47. The second-order valence-electron chi connectivity index (χ2n) is 24.4. The number of ether oxygens (including phenoxy) is 1. The first-order valence-corrected chi connectivity index (χ1v) is 35.3. The molecule has 0 aromatic heterocycles. The van der Waals surface area contributed by atoms with E-state index in [0.717, 1.165) is 64.2 Å². The van der Waals surface area contributed by atoms with Gasteiger partial charge in [-0.2, -0.15) is 0 Å². The third-order valence-corrected chi connectivity index (χ3v) is 16.3. The second-order valence-corrected chi connectivity index (χ2v) is 25.8. The number of allylic oxidation sites excluding steroid dienone is 5. The predicted molar refractivity (Wildman–Crippen MR) is 337 cm³/mol. The summed E-state index contributed by atoms with van der Waals surface area (Å²) in [5, 5.41) is 3.06. The minimum absolute atomic E-state index is 0.0437. The van der Waals surface area contributed by atoms with Crippen LogP contribution in [-0.4, -0.2) is 74.3 Å². The van der Waals surface area contributed by atoms with Crippen molar-refractivity contribution >= 4 is 19.7 Å². The quantitative estimate of drug-likeness (QED) is 0.0205. The van der Waals surface area contributed by atoms with Crippen LogP contribution in [0.15, 0.2) is 36.5 Å². The monoisotopic (exact) mass is 1120 g/mol. The highest BCUT2D eigenvalue weighted by Gasteiger charge is 2.30. The molecule has 9 nitrogen and oxygen atoms in total. The molecule has 1 amide bonds. The molecule has 0 fully saturated rings. The number of carbonyl (C=O) groups excluding carboxylic acids is 2. The standard InChI is InChI=1S/C68H131N2O7P/c1-7-10-13-16-19-22-25-28-29-30-31-32-33-34-35-36-37-38-39-40-41-43-46-49-52-55-58-61-68(72)77-66(59-56-53-50-47-44-27-24-21-18-15-12-9-3)65(64-76-78(73,74)75-63-62-70(4,5)6)69-67(71)60-57-54-51-48-45-42-26-23-20-17-14-11-8-2/h19,22,28-29,56,59,65-66H,7-18,20-21,23-27,30-55,57-58,60-64H2,1-6H3,(H-,69,71,73,74)/p+1/b22-19-,29-28-,59-56-. The molecule has 0 aromatic rings. The maximum absolute atomic E-state index is 13.5. The molecule has 0 bridgehead atoms. The molecule has 3 unspecified atom stereocenters. The van der Waals surface area contributed by atoms with Gasteiger partial charge in [0, 0.05) is 12.8 Å². The van der Waals surface area contributed by atoms with E-state index in [2.05, 4.69) is 50.4 Å². The van der Waals surface area contributed by atoms with Crippen molar-refractivity contribution in [3.63, 3.8) is 0 Å². The van der Waals surface area contributed by atoms with Crippen molar-refractivity contribution in [2.45, 2.75) is 348 Å². The van der Waals surface area contributed by atoms with Gasteiger partial charge in [0.1, 0.15) is 19.3 Å². The number of phosphoric acid groups is 1. The molecule has 0 saturated carbocycles. The van der Waals surface area contributed by atoms with Crippen LogP contribution >= 0.6 is 7.82 Å². The Morgan fingerprint density at radius 2 is 0.782 bits per heavy atom. The van der Waals surface area contributed by atoms with E-state index in [-0.39, 0.29) is 25.1 Å². The third-order valence-electron chi connectivity index (χ3n) is 15.3. The molecule has 0 heterocycles. The number of nitrogens with zero attached hydrogens (tertiary/aromatic N) is 1. The van der Waals surface area contributed by atoms with Crippen LogP contribution in [0.2, 0.25) is 0 Å². The number of likely N-dealkylation sites (N-methyl/N-ethyl adjacent to an activating group) is 1. The van der Waals surface area contributed by atoms with Crippen LogP contribution in [0.1, 0.15) is 335 Å². The molecular weight excluding hydrogens is 988 g/mol. The zero-order valence-electron chi connectivity index (χ0n) is 52.7. The average Bonchev–Trinajstić information content (AvgIpc) is 3.40. The fourth-order valence-electron chi connectivity index (χ4n) is 10.1. The van der Waals surface area contributed by atoms with Gasteiger partial charge in [-0.15, -0.1) is 0 Å². The zero-order valence-corrected chi connectivity index (χ0v) is 53.6. The molecule has 460 valence electrons. The molecule has 10 heteroatoms. The zero-order chi connectivity index (χ0) is 57.2. The first kappa shape index (κ1) is 76.2. The van der Waals surface area contributed by atoms with Gasteiger partial charge in [-0.25, -0.2) is 4.57 Å². The SMILES string of the molecule is CCCCC/C=C\C/C=C\CCCCCCCCCCCCCCCCCCCC(=O)OC(/C=C\CCCCCCCCCCCC)C(COP(=O)(O)OCC[N+](C)(C)C)NC(=O)CCCCCCCCCCCCCCC. The smallest absolute Gasteiger partial charge is 0.456 e. The molecule has 0 aliphatic heterocycles. The van der Waals surface area contributed by atoms with Crippen LogP contribution in [0.3, 0.4) is 0 Å².